The molecule has 0 spiro atoms. The summed E-state index contributed by atoms with van der Waals surface area (Å²) in [6, 6.07) is 3.89. The highest BCUT2D eigenvalue weighted by atomic mass is 35.5. The number of nitrogens with zero attached hydrogens (tertiary/aromatic N) is 2. The van der Waals surface area contributed by atoms with Gasteiger partial charge in [-0.05, 0) is 31.1 Å². The van der Waals surface area contributed by atoms with Gasteiger partial charge in [0.1, 0.15) is 5.82 Å². The van der Waals surface area contributed by atoms with Gasteiger partial charge >= 0.3 is 0 Å². The fourth-order valence-electron chi connectivity index (χ4n) is 1.92. The zero-order chi connectivity index (χ0) is 10.3. The lowest BCUT2D eigenvalue weighted by Gasteiger charge is -2.26. The van der Waals surface area contributed by atoms with E-state index in [0.29, 0.717) is 0 Å². The maximum atomic E-state index is 5.97. The van der Waals surface area contributed by atoms with Gasteiger partial charge in [0.15, 0.2) is 0 Å². The molecular formula is C11H12ClN3. The molecular weight excluding hydrogens is 210 g/mol. The average molecular weight is 222 g/mol. The molecule has 0 bridgehead atoms. The van der Waals surface area contributed by atoms with Crippen molar-refractivity contribution in [1.29, 1.82) is 0 Å². The molecule has 1 aliphatic heterocycles. The predicted molar refractivity (Wildman–Crippen MR) is 60.3 cm³/mol. The Kier molecular flexibility index (Phi) is 2.15. The first-order valence-corrected chi connectivity index (χ1v) is 5.53. The molecule has 3 heterocycles. The topological polar surface area (TPSA) is 29.3 Å². The summed E-state index contributed by atoms with van der Waals surface area (Å²) in [6.07, 6.45) is 4.87. The van der Waals surface area contributed by atoms with Crippen molar-refractivity contribution in [2.75, 3.05) is 13.1 Å². The van der Waals surface area contributed by atoms with E-state index in [4.69, 9.17) is 11.6 Å². The number of hydrogen-bond acceptors (Lipinski definition) is 2. The van der Waals surface area contributed by atoms with E-state index in [1.165, 1.54) is 0 Å². The Morgan fingerprint density at radius 2 is 2.33 bits per heavy atom. The van der Waals surface area contributed by atoms with Crippen LogP contribution in [0.25, 0.3) is 5.52 Å². The maximum absolute atomic E-state index is 5.97. The molecule has 0 atom stereocenters. The van der Waals surface area contributed by atoms with E-state index < -0.39 is 0 Å². The molecule has 0 radical (unpaired) electrons. The second kappa shape index (κ2) is 3.51. The van der Waals surface area contributed by atoms with Crippen LogP contribution in [-0.2, 0) is 6.42 Å². The third-order valence-electron chi connectivity index (χ3n) is 2.91. The molecule has 2 aromatic rings. The lowest BCUT2D eigenvalue weighted by Crippen LogP contribution is -2.43. The molecule has 4 heteroatoms. The van der Waals surface area contributed by atoms with Crippen molar-refractivity contribution in [2.45, 2.75) is 6.42 Å². The summed E-state index contributed by atoms with van der Waals surface area (Å²) >= 11 is 5.97. The molecule has 78 valence electrons. The molecule has 15 heavy (non-hydrogen) atoms. The Morgan fingerprint density at radius 3 is 3.07 bits per heavy atom. The molecule has 0 aromatic carbocycles. The highest BCUT2D eigenvalue weighted by Gasteiger charge is 2.19. The van der Waals surface area contributed by atoms with Crippen molar-refractivity contribution in [2.24, 2.45) is 5.92 Å². The SMILES string of the molecule is Clc1ccc2cnc(CC3CNC3)n2c1. The van der Waals surface area contributed by atoms with Gasteiger partial charge in [-0.2, -0.15) is 0 Å². The van der Waals surface area contributed by atoms with E-state index in [-0.39, 0.29) is 0 Å². The highest BCUT2D eigenvalue weighted by molar-refractivity contribution is 6.30. The Morgan fingerprint density at radius 1 is 1.47 bits per heavy atom. The summed E-state index contributed by atoms with van der Waals surface area (Å²) in [4.78, 5) is 4.43. The first kappa shape index (κ1) is 9.19. The van der Waals surface area contributed by atoms with Crippen LogP contribution in [0.1, 0.15) is 5.82 Å². The van der Waals surface area contributed by atoms with Crippen LogP contribution in [0.3, 0.4) is 0 Å². The Balaban J connectivity index is 1.98. The predicted octanol–water partition coefficient (Wildman–Crippen LogP) is 1.75. The lowest BCUT2D eigenvalue weighted by atomic mass is 9.99. The van der Waals surface area contributed by atoms with Gasteiger partial charge in [0.25, 0.3) is 0 Å². The summed E-state index contributed by atoms with van der Waals surface area (Å²) in [5.74, 6) is 1.84. The Bertz CT molecular complexity index is 488. The van der Waals surface area contributed by atoms with Gasteiger partial charge in [-0.3, -0.25) is 0 Å². The minimum Gasteiger partial charge on any atom is -0.316 e. The second-order valence-corrected chi connectivity index (χ2v) is 4.48. The van der Waals surface area contributed by atoms with E-state index >= 15 is 0 Å². The summed E-state index contributed by atoms with van der Waals surface area (Å²) < 4.78 is 2.08. The number of fused-ring (bicyclic) bond motifs is 1. The van der Waals surface area contributed by atoms with Gasteiger partial charge in [0, 0.05) is 12.6 Å². The summed E-state index contributed by atoms with van der Waals surface area (Å²) in [5.41, 5.74) is 1.11. The number of imidazole rings is 1. The first-order valence-electron chi connectivity index (χ1n) is 5.15. The van der Waals surface area contributed by atoms with E-state index in [2.05, 4.69) is 14.7 Å². The third kappa shape index (κ3) is 1.62. The second-order valence-electron chi connectivity index (χ2n) is 4.05. The number of pyridine rings is 1. The molecule has 0 unspecified atom stereocenters. The third-order valence-corrected chi connectivity index (χ3v) is 3.13. The summed E-state index contributed by atoms with van der Waals surface area (Å²) in [5, 5.41) is 4.03. The molecule has 3 rings (SSSR count). The Hall–Kier alpha value is -1.06. The van der Waals surface area contributed by atoms with Crippen LogP contribution in [0, 0.1) is 5.92 Å². The van der Waals surface area contributed by atoms with Gasteiger partial charge in [-0.15, -0.1) is 0 Å². The van der Waals surface area contributed by atoms with E-state index in [1.807, 2.05) is 24.5 Å². The molecule has 0 saturated carbocycles. The number of rotatable bonds is 2. The number of nitrogens with one attached hydrogen (secondary N) is 1. The van der Waals surface area contributed by atoms with Crippen molar-refractivity contribution in [3.63, 3.8) is 0 Å². The van der Waals surface area contributed by atoms with Crippen LogP contribution >= 0.6 is 11.6 Å². The molecule has 1 N–H and O–H groups in total. The van der Waals surface area contributed by atoms with E-state index in [1.54, 1.807) is 0 Å². The van der Waals surface area contributed by atoms with Gasteiger partial charge in [-0.25, -0.2) is 4.98 Å². The molecule has 1 aliphatic rings. The lowest BCUT2D eigenvalue weighted by molar-refractivity contribution is 0.340. The van der Waals surface area contributed by atoms with Gasteiger partial charge in [-0.1, -0.05) is 11.6 Å². The molecule has 3 nitrogen and oxygen atoms in total. The fraction of sp³-hybridized carbons (Fsp3) is 0.364. The largest absolute Gasteiger partial charge is 0.316 e. The molecule has 0 amide bonds. The smallest absolute Gasteiger partial charge is 0.113 e. The van der Waals surface area contributed by atoms with Crippen LogP contribution in [0.5, 0.6) is 0 Å². The van der Waals surface area contributed by atoms with Crippen LogP contribution < -0.4 is 5.32 Å². The van der Waals surface area contributed by atoms with E-state index in [0.717, 1.165) is 41.8 Å². The minimum atomic E-state index is 0.731. The average Bonchev–Trinajstić information content (AvgIpc) is 2.54. The monoisotopic (exact) mass is 221 g/mol. The fourth-order valence-corrected chi connectivity index (χ4v) is 2.08. The van der Waals surface area contributed by atoms with Crippen molar-refractivity contribution in [3.8, 4) is 0 Å². The molecule has 0 aliphatic carbocycles. The zero-order valence-electron chi connectivity index (χ0n) is 8.28. The quantitative estimate of drug-likeness (QED) is 0.837. The first-order chi connectivity index (χ1) is 7.33. The van der Waals surface area contributed by atoms with Crippen molar-refractivity contribution >= 4 is 17.1 Å². The number of halogens is 1. The minimum absolute atomic E-state index is 0.731. The highest BCUT2D eigenvalue weighted by Crippen LogP contribution is 2.16. The zero-order valence-corrected chi connectivity index (χ0v) is 9.04. The molecule has 1 fully saturated rings. The summed E-state index contributed by atoms with van der Waals surface area (Å²) in [6.45, 7) is 2.21. The van der Waals surface area contributed by atoms with Crippen molar-refractivity contribution in [1.82, 2.24) is 14.7 Å². The van der Waals surface area contributed by atoms with Crippen LogP contribution in [0.15, 0.2) is 24.5 Å². The van der Waals surface area contributed by atoms with Crippen molar-refractivity contribution < 1.29 is 0 Å². The molecule has 1 saturated heterocycles. The van der Waals surface area contributed by atoms with Gasteiger partial charge < -0.3 is 9.72 Å². The van der Waals surface area contributed by atoms with Gasteiger partial charge in [0.05, 0.1) is 16.7 Å². The van der Waals surface area contributed by atoms with Crippen LogP contribution in [0.2, 0.25) is 5.02 Å². The van der Waals surface area contributed by atoms with Crippen molar-refractivity contribution in [3.05, 3.63) is 35.4 Å². The molecule has 2 aromatic heterocycles. The maximum Gasteiger partial charge on any atom is 0.113 e. The van der Waals surface area contributed by atoms with Crippen LogP contribution in [-0.4, -0.2) is 22.5 Å². The summed E-state index contributed by atoms with van der Waals surface area (Å²) in [7, 11) is 0. The van der Waals surface area contributed by atoms with E-state index in [9.17, 15) is 0 Å². The van der Waals surface area contributed by atoms with Crippen LogP contribution in [0.4, 0.5) is 0 Å². The normalized spacial score (nSPS) is 16.9. The standard InChI is InChI=1S/C11H12ClN3/c12-9-1-2-10-6-14-11(15(10)7-9)3-8-4-13-5-8/h1-2,6-8,13H,3-5H2. The number of aromatic nitrogens is 2. The van der Waals surface area contributed by atoms with Gasteiger partial charge in [0.2, 0.25) is 0 Å². The Labute approximate surface area is 93.1 Å². The number of hydrogen-bond donors (Lipinski definition) is 1.